The van der Waals surface area contributed by atoms with Gasteiger partial charge in [0.15, 0.2) is 11.6 Å². The van der Waals surface area contributed by atoms with Gasteiger partial charge < -0.3 is 4.74 Å². The molecule has 0 aliphatic heterocycles. The van der Waals surface area contributed by atoms with Crippen LogP contribution in [0.15, 0.2) is 23.8 Å². The molecule has 4 rings (SSSR count). The van der Waals surface area contributed by atoms with E-state index in [4.69, 9.17) is 0 Å². The average molecular weight is 515 g/mol. The van der Waals surface area contributed by atoms with Crippen molar-refractivity contribution >= 4 is 6.08 Å². The van der Waals surface area contributed by atoms with Gasteiger partial charge in [0.2, 0.25) is 5.75 Å². The molecule has 196 valence electrons. The van der Waals surface area contributed by atoms with E-state index in [0.29, 0.717) is 36.5 Å². The van der Waals surface area contributed by atoms with Gasteiger partial charge in [0.05, 0.1) is 5.56 Å². The highest BCUT2D eigenvalue weighted by molar-refractivity contribution is 5.72. The van der Waals surface area contributed by atoms with Gasteiger partial charge in [-0.05, 0) is 72.4 Å². The second-order valence-corrected chi connectivity index (χ2v) is 9.95. The lowest BCUT2D eigenvalue weighted by Gasteiger charge is -2.29. The average Bonchev–Trinajstić information content (AvgIpc) is 2.80. The van der Waals surface area contributed by atoms with Gasteiger partial charge >= 0.3 is 6.36 Å². The maximum atomic E-state index is 15.3. The van der Waals surface area contributed by atoms with E-state index < -0.39 is 46.5 Å². The summed E-state index contributed by atoms with van der Waals surface area (Å²) in [4.78, 5) is 0. The van der Waals surface area contributed by atoms with Gasteiger partial charge in [-0.1, -0.05) is 57.1 Å². The highest BCUT2D eigenvalue weighted by atomic mass is 19.4. The van der Waals surface area contributed by atoms with Gasteiger partial charge in [-0.3, -0.25) is 0 Å². The van der Waals surface area contributed by atoms with E-state index in [-0.39, 0.29) is 5.56 Å². The summed E-state index contributed by atoms with van der Waals surface area (Å²) in [5.74, 6) is -5.57. The molecule has 0 radical (unpaired) electrons. The van der Waals surface area contributed by atoms with Crippen LogP contribution < -0.4 is 4.74 Å². The molecule has 0 heterocycles. The summed E-state index contributed by atoms with van der Waals surface area (Å²) < 4.78 is 99.1. The van der Waals surface area contributed by atoms with Crippen LogP contribution in [-0.2, 0) is 6.42 Å². The van der Waals surface area contributed by atoms with Crippen molar-refractivity contribution in [2.24, 2.45) is 11.8 Å². The first-order valence-corrected chi connectivity index (χ1v) is 12.5. The van der Waals surface area contributed by atoms with Crippen LogP contribution in [0.5, 0.6) is 5.75 Å². The number of hydrogen-bond acceptors (Lipinski definition) is 1. The molecule has 2 aromatic rings. The number of halogens is 7. The molecule has 36 heavy (non-hydrogen) atoms. The molecule has 1 nitrogen and oxygen atoms in total. The Hall–Kier alpha value is -2.51. The van der Waals surface area contributed by atoms with E-state index in [1.807, 2.05) is 0 Å². The number of allylic oxidation sites excluding steroid dienone is 1. The van der Waals surface area contributed by atoms with Crippen LogP contribution in [0.4, 0.5) is 30.7 Å². The zero-order valence-corrected chi connectivity index (χ0v) is 20.1. The lowest BCUT2D eigenvalue weighted by Crippen LogP contribution is -2.19. The second kappa shape index (κ2) is 10.9. The third-order valence-corrected chi connectivity index (χ3v) is 7.45. The molecule has 0 bridgehead atoms. The topological polar surface area (TPSA) is 9.23 Å². The Kier molecular flexibility index (Phi) is 8.00. The minimum Gasteiger partial charge on any atom is -0.399 e. The maximum absolute atomic E-state index is 15.3. The van der Waals surface area contributed by atoms with Crippen molar-refractivity contribution in [2.45, 2.75) is 77.5 Å². The minimum absolute atomic E-state index is 0.228. The molecule has 1 saturated carbocycles. The summed E-state index contributed by atoms with van der Waals surface area (Å²) in [7, 11) is 0. The van der Waals surface area contributed by atoms with Crippen molar-refractivity contribution in [1.82, 2.24) is 0 Å². The largest absolute Gasteiger partial charge is 0.573 e. The smallest absolute Gasteiger partial charge is 0.399 e. The predicted octanol–water partition coefficient (Wildman–Crippen LogP) is 9.52. The maximum Gasteiger partial charge on any atom is 0.573 e. The fourth-order valence-corrected chi connectivity index (χ4v) is 5.62. The molecule has 2 aromatic carbocycles. The summed E-state index contributed by atoms with van der Waals surface area (Å²) in [5, 5.41) is 0. The lowest BCUT2D eigenvalue weighted by atomic mass is 9.77. The molecule has 1 fully saturated rings. The van der Waals surface area contributed by atoms with Crippen molar-refractivity contribution in [3.63, 3.8) is 0 Å². The molecule has 0 atom stereocenters. The van der Waals surface area contributed by atoms with E-state index in [2.05, 4.69) is 11.7 Å². The first kappa shape index (κ1) is 26.6. The van der Waals surface area contributed by atoms with Gasteiger partial charge in [0.1, 0.15) is 11.6 Å². The zero-order chi connectivity index (χ0) is 26.0. The van der Waals surface area contributed by atoms with E-state index in [1.54, 1.807) is 6.08 Å². The summed E-state index contributed by atoms with van der Waals surface area (Å²) in [6.45, 7) is 2.22. The van der Waals surface area contributed by atoms with Crippen LogP contribution in [0.1, 0.15) is 75.8 Å². The van der Waals surface area contributed by atoms with Crippen molar-refractivity contribution in [3.8, 4) is 16.9 Å². The molecule has 0 aromatic heterocycles. The molecule has 0 spiro atoms. The third kappa shape index (κ3) is 6.06. The first-order chi connectivity index (χ1) is 17.1. The molecule has 0 saturated heterocycles. The summed E-state index contributed by atoms with van der Waals surface area (Å²) in [5.41, 5.74) is 0.526. The van der Waals surface area contributed by atoms with Crippen LogP contribution >= 0.6 is 0 Å². The Labute approximate surface area is 206 Å². The van der Waals surface area contributed by atoms with E-state index in [0.717, 1.165) is 30.4 Å². The summed E-state index contributed by atoms with van der Waals surface area (Å²) in [6, 6.07) is 2.01. The van der Waals surface area contributed by atoms with Crippen molar-refractivity contribution < 1.29 is 35.5 Å². The highest BCUT2D eigenvalue weighted by Gasteiger charge is 2.34. The molecular weight excluding hydrogens is 485 g/mol. The van der Waals surface area contributed by atoms with E-state index >= 15 is 4.39 Å². The van der Waals surface area contributed by atoms with Gasteiger partial charge in [-0.25, -0.2) is 17.6 Å². The summed E-state index contributed by atoms with van der Waals surface area (Å²) in [6.07, 6.45) is 6.79. The minimum atomic E-state index is -5.32. The number of rotatable bonds is 7. The van der Waals surface area contributed by atoms with Crippen LogP contribution in [-0.4, -0.2) is 6.36 Å². The predicted molar refractivity (Wildman–Crippen MR) is 124 cm³/mol. The van der Waals surface area contributed by atoms with Crippen LogP contribution in [0.25, 0.3) is 17.2 Å². The van der Waals surface area contributed by atoms with E-state index in [1.165, 1.54) is 38.5 Å². The van der Waals surface area contributed by atoms with Gasteiger partial charge in [0.25, 0.3) is 0 Å². The number of ether oxygens (including phenoxy) is 1. The highest BCUT2D eigenvalue weighted by Crippen LogP contribution is 2.40. The van der Waals surface area contributed by atoms with Gasteiger partial charge in [0, 0.05) is 0 Å². The molecule has 8 heteroatoms. The normalized spacial score (nSPS) is 20.2. The van der Waals surface area contributed by atoms with Gasteiger partial charge in [-0.15, -0.1) is 13.2 Å². The Balaban J connectivity index is 1.51. The molecule has 2 aliphatic carbocycles. The Bertz CT molecular complexity index is 1100. The Morgan fingerprint density at radius 1 is 0.833 bits per heavy atom. The molecule has 0 amide bonds. The van der Waals surface area contributed by atoms with E-state index in [9.17, 15) is 26.3 Å². The number of fused-ring (bicyclic) bond motifs is 1. The van der Waals surface area contributed by atoms with Crippen molar-refractivity contribution in [3.05, 3.63) is 58.2 Å². The Morgan fingerprint density at radius 3 is 2.03 bits per heavy atom. The van der Waals surface area contributed by atoms with Crippen molar-refractivity contribution in [2.75, 3.05) is 0 Å². The number of hydrogen-bond donors (Lipinski definition) is 0. The molecule has 2 aliphatic rings. The molecule has 0 N–H and O–H groups in total. The van der Waals surface area contributed by atoms with Crippen LogP contribution in [0, 0.1) is 35.1 Å². The second-order valence-electron chi connectivity index (χ2n) is 9.95. The fraction of sp³-hybridized carbons (Fsp3) is 0.500. The Morgan fingerprint density at radius 2 is 1.44 bits per heavy atom. The SMILES string of the molecule is CCCC1CCC(CCC2=Cc3cc(F)c(-c4cc(F)c(OC(F)(F)F)c(F)c4)c(F)c3CC2)CC1. The standard InChI is InChI=1S/C28H29F7O/c1-2-3-16-4-6-17(7-5-16)8-9-18-10-11-21-19(12-18)13-22(29)25(26(21)32)20-14-23(30)27(24(31)15-20)36-28(33,34)35/h12-17H,2-11H2,1H3. The van der Waals surface area contributed by atoms with Gasteiger partial charge in [-0.2, -0.15) is 0 Å². The van der Waals surface area contributed by atoms with Crippen molar-refractivity contribution in [1.29, 1.82) is 0 Å². The monoisotopic (exact) mass is 514 g/mol. The quantitative estimate of drug-likeness (QED) is 0.334. The fourth-order valence-electron chi connectivity index (χ4n) is 5.62. The molecule has 0 unspecified atom stereocenters. The third-order valence-electron chi connectivity index (χ3n) is 7.45. The molecular formula is C28H29F7O. The zero-order valence-electron chi connectivity index (χ0n) is 20.1. The summed E-state index contributed by atoms with van der Waals surface area (Å²) >= 11 is 0. The van der Waals surface area contributed by atoms with Crippen LogP contribution in [0.3, 0.4) is 0 Å². The number of benzene rings is 2. The first-order valence-electron chi connectivity index (χ1n) is 12.5. The lowest BCUT2D eigenvalue weighted by molar-refractivity contribution is -0.276. The number of alkyl halides is 3. The van der Waals surface area contributed by atoms with Crippen LogP contribution in [0.2, 0.25) is 0 Å².